The van der Waals surface area contributed by atoms with Crippen molar-refractivity contribution in [3.8, 4) is 0 Å². The van der Waals surface area contributed by atoms with E-state index in [1.807, 2.05) is 6.92 Å². The third-order valence-corrected chi connectivity index (χ3v) is 4.43. The molecule has 2 heterocycles. The quantitative estimate of drug-likeness (QED) is 0.797. The summed E-state index contributed by atoms with van der Waals surface area (Å²) in [5.74, 6) is -0.239. The van der Waals surface area contributed by atoms with Gasteiger partial charge in [-0.3, -0.25) is 0 Å². The first-order valence-corrected chi connectivity index (χ1v) is 6.91. The van der Waals surface area contributed by atoms with Gasteiger partial charge in [-0.05, 0) is 53.7 Å². The molecule has 96 valence electrons. The van der Waals surface area contributed by atoms with Gasteiger partial charge in [-0.25, -0.2) is 9.07 Å². The van der Waals surface area contributed by atoms with E-state index in [-0.39, 0.29) is 12.0 Å². The number of fused-ring (bicyclic) bond motifs is 1. The second-order valence-corrected chi connectivity index (χ2v) is 5.45. The Balaban J connectivity index is 2.16. The molecule has 3 rings (SSSR count). The molecule has 2 aromatic rings. The van der Waals surface area contributed by atoms with Gasteiger partial charge in [-0.1, -0.05) is 0 Å². The van der Waals surface area contributed by atoms with E-state index in [1.165, 1.54) is 6.07 Å². The molecule has 0 radical (unpaired) electrons. The number of hydrogen-bond donors (Lipinski definition) is 0. The van der Waals surface area contributed by atoms with Crippen LogP contribution in [0.3, 0.4) is 0 Å². The second-order valence-electron chi connectivity index (χ2n) is 4.66. The van der Waals surface area contributed by atoms with Gasteiger partial charge in [0, 0.05) is 16.5 Å². The highest BCUT2D eigenvalue weighted by atomic mass is 79.9. The number of rotatable bonds is 1. The average molecular weight is 313 g/mol. The van der Waals surface area contributed by atoms with Crippen molar-refractivity contribution < 1.29 is 9.13 Å². The number of aryl methyl sites for hydroxylation is 1. The summed E-state index contributed by atoms with van der Waals surface area (Å²) in [6.45, 7) is 2.60. The van der Waals surface area contributed by atoms with E-state index in [4.69, 9.17) is 4.74 Å². The predicted octanol–water partition coefficient (Wildman–Crippen LogP) is 3.95. The van der Waals surface area contributed by atoms with Crippen LogP contribution in [-0.2, 0) is 4.74 Å². The van der Waals surface area contributed by atoms with Crippen LogP contribution < -0.4 is 0 Å². The van der Waals surface area contributed by atoms with E-state index >= 15 is 0 Å². The summed E-state index contributed by atoms with van der Waals surface area (Å²) < 4.78 is 22.4. The van der Waals surface area contributed by atoms with E-state index in [9.17, 15) is 4.39 Å². The van der Waals surface area contributed by atoms with E-state index < -0.39 is 0 Å². The Morgan fingerprint density at radius 1 is 1.50 bits per heavy atom. The zero-order chi connectivity index (χ0) is 12.7. The third-order valence-electron chi connectivity index (χ3n) is 3.38. The smallest absolute Gasteiger partial charge is 0.150 e. The van der Waals surface area contributed by atoms with E-state index in [0.717, 1.165) is 41.3 Å². The molecule has 0 N–H and O–H groups in total. The lowest BCUT2D eigenvalue weighted by Crippen LogP contribution is -2.19. The molecule has 1 unspecified atom stereocenters. The monoisotopic (exact) mass is 312 g/mol. The topological polar surface area (TPSA) is 27.1 Å². The third kappa shape index (κ3) is 1.86. The highest BCUT2D eigenvalue weighted by Crippen LogP contribution is 2.33. The lowest BCUT2D eigenvalue weighted by Gasteiger charge is -2.23. The molecule has 18 heavy (non-hydrogen) atoms. The van der Waals surface area contributed by atoms with Crippen LogP contribution in [0, 0.1) is 12.7 Å². The first-order chi connectivity index (χ1) is 8.68. The van der Waals surface area contributed by atoms with Crippen molar-refractivity contribution in [2.24, 2.45) is 0 Å². The molecule has 0 spiro atoms. The van der Waals surface area contributed by atoms with Crippen LogP contribution in [0.2, 0.25) is 0 Å². The number of ether oxygens (including phenoxy) is 1. The fourth-order valence-corrected chi connectivity index (χ4v) is 2.83. The molecule has 1 aliphatic heterocycles. The van der Waals surface area contributed by atoms with Crippen LogP contribution in [0.25, 0.3) is 10.9 Å². The lowest BCUT2D eigenvalue weighted by molar-refractivity contribution is -0.0369. The molecule has 3 nitrogen and oxygen atoms in total. The van der Waals surface area contributed by atoms with Crippen LogP contribution in [0.4, 0.5) is 4.39 Å². The molecule has 0 saturated carbocycles. The molecule has 1 aromatic carbocycles. The first-order valence-electron chi connectivity index (χ1n) is 6.12. The van der Waals surface area contributed by atoms with Crippen LogP contribution >= 0.6 is 15.9 Å². The van der Waals surface area contributed by atoms with Crippen molar-refractivity contribution in [2.75, 3.05) is 6.61 Å². The highest BCUT2D eigenvalue weighted by Gasteiger charge is 2.21. The normalized spacial score (nSPS) is 20.5. The second kappa shape index (κ2) is 4.63. The van der Waals surface area contributed by atoms with Gasteiger partial charge < -0.3 is 4.74 Å². The summed E-state index contributed by atoms with van der Waals surface area (Å²) in [5, 5.41) is 5.11. The summed E-state index contributed by atoms with van der Waals surface area (Å²) in [6, 6.07) is 1.54. The Morgan fingerprint density at radius 2 is 2.33 bits per heavy atom. The SMILES string of the molecule is Cc1cc(F)c2c(cnn2C2CCCCO2)c1Br. The molecule has 1 fully saturated rings. The lowest BCUT2D eigenvalue weighted by atomic mass is 10.1. The fraction of sp³-hybridized carbons (Fsp3) is 0.462. The van der Waals surface area contributed by atoms with Crippen molar-refractivity contribution in [1.29, 1.82) is 0 Å². The molecule has 1 saturated heterocycles. The van der Waals surface area contributed by atoms with E-state index in [2.05, 4.69) is 21.0 Å². The Bertz CT molecular complexity index is 590. The molecule has 0 amide bonds. The molecule has 1 atom stereocenters. The van der Waals surface area contributed by atoms with Gasteiger partial charge in [-0.2, -0.15) is 5.10 Å². The highest BCUT2D eigenvalue weighted by molar-refractivity contribution is 9.10. The van der Waals surface area contributed by atoms with Gasteiger partial charge in [0.15, 0.2) is 6.23 Å². The molecule has 5 heteroatoms. The maximum absolute atomic E-state index is 14.1. The zero-order valence-corrected chi connectivity index (χ0v) is 11.7. The van der Waals surface area contributed by atoms with Crippen molar-refractivity contribution in [3.63, 3.8) is 0 Å². The molecular weight excluding hydrogens is 299 g/mol. The first kappa shape index (κ1) is 12.1. The summed E-state index contributed by atoms with van der Waals surface area (Å²) in [7, 11) is 0. The van der Waals surface area contributed by atoms with Gasteiger partial charge in [0.2, 0.25) is 0 Å². The van der Waals surface area contributed by atoms with Gasteiger partial charge in [0.05, 0.1) is 6.20 Å². The maximum Gasteiger partial charge on any atom is 0.150 e. The largest absolute Gasteiger partial charge is 0.356 e. The van der Waals surface area contributed by atoms with Crippen LogP contribution in [0.15, 0.2) is 16.7 Å². The Morgan fingerprint density at radius 3 is 3.06 bits per heavy atom. The number of hydrogen-bond acceptors (Lipinski definition) is 2. The fourth-order valence-electron chi connectivity index (χ4n) is 2.43. The number of aromatic nitrogens is 2. The minimum atomic E-state index is -0.239. The van der Waals surface area contributed by atoms with Crippen molar-refractivity contribution in [2.45, 2.75) is 32.4 Å². The number of halogens is 2. The van der Waals surface area contributed by atoms with Crippen molar-refractivity contribution in [1.82, 2.24) is 9.78 Å². The summed E-state index contributed by atoms with van der Waals surface area (Å²) in [5.41, 5.74) is 1.41. The minimum Gasteiger partial charge on any atom is -0.356 e. The van der Waals surface area contributed by atoms with Crippen LogP contribution in [-0.4, -0.2) is 16.4 Å². The molecular formula is C13H14BrFN2O. The van der Waals surface area contributed by atoms with Gasteiger partial charge in [0.25, 0.3) is 0 Å². The number of nitrogens with zero attached hydrogens (tertiary/aromatic N) is 2. The zero-order valence-electron chi connectivity index (χ0n) is 10.1. The van der Waals surface area contributed by atoms with Gasteiger partial charge in [0.1, 0.15) is 11.3 Å². The Labute approximate surface area is 113 Å². The average Bonchev–Trinajstić information content (AvgIpc) is 2.82. The van der Waals surface area contributed by atoms with Gasteiger partial charge >= 0.3 is 0 Å². The summed E-state index contributed by atoms with van der Waals surface area (Å²) in [4.78, 5) is 0. The van der Waals surface area contributed by atoms with Crippen LogP contribution in [0.5, 0.6) is 0 Å². The van der Waals surface area contributed by atoms with Crippen molar-refractivity contribution in [3.05, 3.63) is 28.1 Å². The Kier molecular flexibility index (Phi) is 3.11. The molecule has 0 bridgehead atoms. The van der Waals surface area contributed by atoms with E-state index in [1.54, 1.807) is 10.9 Å². The van der Waals surface area contributed by atoms with Crippen LogP contribution in [0.1, 0.15) is 31.1 Å². The predicted molar refractivity (Wildman–Crippen MR) is 71.0 cm³/mol. The maximum atomic E-state index is 14.1. The standard InChI is InChI=1S/C13H14BrFN2O/c1-8-6-10(15)13-9(12(8)14)7-16-17(13)11-4-2-3-5-18-11/h6-7,11H,2-5H2,1H3. The van der Waals surface area contributed by atoms with Gasteiger partial charge in [-0.15, -0.1) is 0 Å². The molecule has 1 aromatic heterocycles. The molecule has 1 aliphatic rings. The minimum absolute atomic E-state index is 0.139. The van der Waals surface area contributed by atoms with E-state index in [0.29, 0.717) is 5.52 Å². The summed E-state index contributed by atoms with van der Waals surface area (Å²) >= 11 is 3.49. The summed E-state index contributed by atoms with van der Waals surface area (Å²) in [6.07, 6.45) is 4.62. The molecule has 0 aliphatic carbocycles. The Hall–Kier alpha value is -0.940. The number of benzene rings is 1. The van der Waals surface area contributed by atoms with Crippen molar-refractivity contribution >= 4 is 26.8 Å².